The summed E-state index contributed by atoms with van der Waals surface area (Å²) in [4.78, 5) is 4.15. The molecule has 1 aliphatic heterocycles. The van der Waals surface area contributed by atoms with Gasteiger partial charge < -0.3 is 10.6 Å². The molecule has 0 radical (unpaired) electrons. The topological polar surface area (TPSA) is 37.0 Å². The molecular weight excluding hydrogens is 234 g/mol. The number of rotatable bonds is 4. The molecule has 1 aromatic rings. The van der Waals surface area contributed by atoms with Crippen LogP contribution < -0.4 is 10.6 Å². The van der Waals surface area contributed by atoms with Crippen molar-refractivity contribution in [3.8, 4) is 0 Å². The first-order valence-electron chi connectivity index (χ1n) is 6.20. The summed E-state index contributed by atoms with van der Waals surface area (Å²) in [6.45, 7) is 5.68. The maximum Gasteiger partial charge on any atom is 0.0315 e. The van der Waals surface area contributed by atoms with Gasteiger partial charge in [0.2, 0.25) is 0 Å². The van der Waals surface area contributed by atoms with E-state index in [2.05, 4.69) is 28.6 Å². The van der Waals surface area contributed by atoms with Crippen molar-refractivity contribution in [3.63, 3.8) is 0 Å². The predicted octanol–water partition coefficient (Wildman–Crippen LogP) is 2.15. The zero-order chi connectivity index (χ0) is 11.2. The lowest BCUT2D eigenvalue weighted by Crippen LogP contribution is -2.34. The Hall–Kier alpha value is -0.640. The number of hydrogen-bond donors (Lipinski definition) is 2. The molecule has 1 saturated heterocycles. The smallest absolute Gasteiger partial charge is 0.0315 e. The largest absolute Gasteiger partial charge is 0.317 e. The summed E-state index contributed by atoms with van der Waals surface area (Å²) in [7, 11) is 0. The quantitative estimate of drug-likeness (QED) is 0.866. The van der Waals surface area contributed by atoms with E-state index in [9.17, 15) is 0 Å². The number of nitrogens with one attached hydrogen (secondary N) is 2. The first-order chi connectivity index (χ1) is 7.86. The Bertz CT molecular complexity index is 299. The Kier molecular flexibility index (Phi) is 6.48. The molecule has 0 bridgehead atoms. The van der Waals surface area contributed by atoms with Crippen molar-refractivity contribution in [1.29, 1.82) is 0 Å². The first-order valence-corrected chi connectivity index (χ1v) is 6.20. The summed E-state index contributed by atoms with van der Waals surface area (Å²) >= 11 is 0. The number of hydrogen-bond acceptors (Lipinski definition) is 3. The van der Waals surface area contributed by atoms with Crippen molar-refractivity contribution in [2.24, 2.45) is 5.92 Å². The second-order valence-electron chi connectivity index (χ2n) is 4.61. The Morgan fingerprint density at radius 2 is 2.24 bits per heavy atom. The molecule has 0 saturated carbocycles. The normalized spacial score (nSPS) is 18.4. The number of piperidine rings is 1. The third-order valence-electron chi connectivity index (χ3n) is 3.36. The number of pyridine rings is 1. The van der Waals surface area contributed by atoms with E-state index in [0.29, 0.717) is 6.04 Å². The van der Waals surface area contributed by atoms with E-state index in [4.69, 9.17) is 0 Å². The lowest BCUT2D eigenvalue weighted by atomic mass is 9.97. The SMILES string of the molecule is CC(NCC1CCNCC1)c1cccnc1.Cl. The second kappa shape index (κ2) is 7.64. The van der Waals surface area contributed by atoms with Crippen LogP contribution in [-0.4, -0.2) is 24.6 Å². The Morgan fingerprint density at radius 1 is 1.47 bits per heavy atom. The Balaban J connectivity index is 0.00000144. The fourth-order valence-corrected chi connectivity index (χ4v) is 2.18. The van der Waals surface area contributed by atoms with Crippen LogP contribution in [0.1, 0.15) is 31.4 Å². The molecular formula is C13H22ClN3. The van der Waals surface area contributed by atoms with Gasteiger partial charge in [-0.1, -0.05) is 6.07 Å². The van der Waals surface area contributed by atoms with Crippen molar-refractivity contribution in [3.05, 3.63) is 30.1 Å². The highest BCUT2D eigenvalue weighted by atomic mass is 35.5. The van der Waals surface area contributed by atoms with Crippen LogP contribution in [0.3, 0.4) is 0 Å². The molecule has 1 fully saturated rings. The number of aromatic nitrogens is 1. The molecule has 2 N–H and O–H groups in total. The minimum atomic E-state index is 0. The van der Waals surface area contributed by atoms with Crippen LogP contribution in [-0.2, 0) is 0 Å². The Labute approximate surface area is 110 Å². The van der Waals surface area contributed by atoms with Gasteiger partial charge in [-0.15, -0.1) is 12.4 Å². The first kappa shape index (κ1) is 14.4. The molecule has 0 aliphatic carbocycles. The highest BCUT2D eigenvalue weighted by Crippen LogP contribution is 2.14. The van der Waals surface area contributed by atoms with Crippen LogP contribution in [0.5, 0.6) is 0 Å². The van der Waals surface area contributed by atoms with Gasteiger partial charge in [0.05, 0.1) is 0 Å². The predicted molar refractivity (Wildman–Crippen MR) is 73.5 cm³/mol. The van der Waals surface area contributed by atoms with Crippen LogP contribution >= 0.6 is 12.4 Å². The van der Waals surface area contributed by atoms with E-state index in [-0.39, 0.29) is 12.4 Å². The van der Waals surface area contributed by atoms with E-state index < -0.39 is 0 Å². The minimum absolute atomic E-state index is 0. The molecule has 1 aliphatic rings. The summed E-state index contributed by atoms with van der Waals surface area (Å²) in [5, 5.41) is 7.00. The van der Waals surface area contributed by atoms with Gasteiger partial charge in [0.1, 0.15) is 0 Å². The van der Waals surface area contributed by atoms with Crippen LogP contribution in [0, 0.1) is 5.92 Å². The molecule has 0 spiro atoms. The lowest BCUT2D eigenvalue weighted by Gasteiger charge is -2.24. The number of halogens is 1. The molecule has 1 aromatic heterocycles. The van der Waals surface area contributed by atoms with E-state index in [1.807, 2.05) is 18.5 Å². The minimum Gasteiger partial charge on any atom is -0.317 e. The van der Waals surface area contributed by atoms with Crippen LogP contribution in [0.15, 0.2) is 24.5 Å². The highest BCUT2D eigenvalue weighted by molar-refractivity contribution is 5.85. The fraction of sp³-hybridized carbons (Fsp3) is 0.615. The van der Waals surface area contributed by atoms with Crippen LogP contribution in [0.2, 0.25) is 0 Å². The van der Waals surface area contributed by atoms with E-state index >= 15 is 0 Å². The van der Waals surface area contributed by atoms with Crippen LogP contribution in [0.4, 0.5) is 0 Å². The van der Waals surface area contributed by atoms with E-state index in [1.165, 1.54) is 31.5 Å². The van der Waals surface area contributed by atoms with Crippen molar-refractivity contribution in [2.75, 3.05) is 19.6 Å². The lowest BCUT2D eigenvalue weighted by molar-refractivity contribution is 0.345. The maximum absolute atomic E-state index is 4.15. The fourth-order valence-electron chi connectivity index (χ4n) is 2.18. The monoisotopic (exact) mass is 255 g/mol. The third-order valence-corrected chi connectivity index (χ3v) is 3.36. The van der Waals surface area contributed by atoms with E-state index in [0.717, 1.165) is 12.5 Å². The average molecular weight is 256 g/mol. The molecule has 2 heterocycles. The summed E-state index contributed by atoms with van der Waals surface area (Å²) in [6, 6.07) is 4.54. The van der Waals surface area contributed by atoms with Gasteiger partial charge in [0.15, 0.2) is 0 Å². The van der Waals surface area contributed by atoms with Gasteiger partial charge in [0, 0.05) is 18.4 Å². The van der Waals surface area contributed by atoms with Crippen molar-refractivity contribution >= 4 is 12.4 Å². The summed E-state index contributed by atoms with van der Waals surface area (Å²) in [5.41, 5.74) is 1.27. The van der Waals surface area contributed by atoms with Crippen molar-refractivity contribution in [1.82, 2.24) is 15.6 Å². The molecule has 3 nitrogen and oxygen atoms in total. The summed E-state index contributed by atoms with van der Waals surface area (Å²) in [6.07, 6.45) is 6.36. The highest BCUT2D eigenvalue weighted by Gasteiger charge is 2.14. The molecule has 1 atom stereocenters. The molecule has 2 rings (SSSR count). The molecule has 1 unspecified atom stereocenters. The van der Waals surface area contributed by atoms with Gasteiger partial charge >= 0.3 is 0 Å². The summed E-state index contributed by atoms with van der Waals surface area (Å²) < 4.78 is 0. The third kappa shape index (κ3) is 4.62. The van der Waals surface area contributed by atoms with Crippen molar-refractivity contribution < 1.29 is 0 Å². The average Bonchev–Trinajstić information content (AvgIpc) is 2.38. The second-order valence-corrected chi connectivity index (χ2v) is 4.61. The zero-order valence-corrected chi connectivity index (χ0v) is 11.2. The van der Waals surface area contributed by atoms with Gasteiger partial charge in [-0.3, -0.25) is 4.98 Å². The molecule has 96 valence electrons. The molecule has 4 heteroatoms. The van der Waals surface area contributed by atoms with Gasteiger partial charge in [-0.05, 0) is 56.9 Å². The van der Waals surface area contributed by atoms with Gasteiger partial charge in [0.25, 0.3) is 0 Å². The van der Waals surface area contributed by atoms with Gasteiger partial charge in [-0.2, -0.15) is 0 Å². The van der Waals surface area contributed by atoms with Gasteiger partial charge in [-0.25, -0.2) is 0 Å². The summed E-state index contributed by atoms with van der Waals surface area (Å²) in [5.74, 6) is 0.834. The van der Waals surface area contributed by atoms with Crippen molar-refractivity contribution in [2.45, 2.75) is 25.8 Å². The van der Waals surface area contributed by atoms with E-state index in [1.54, 1.807) is 0 Å². The zero-order valence-electron chi connectivity index (χ0n) is 10.4. The molecule has 17 heavy (non-hydrogen) atoms. The Morgan fingerprint density at radius 3 is 2.88 bits per heavy atom. The molecule has 0 aromatic carbocycles. The number of nitrogens with zero attached hydrogens (tertiary/aromatic N) is 1. The maximum atomic E-state index is 4.15. The standard InChI is InChI=1S/C13H21N3.ClH/c1-11(13-3-2-6-15-10-13)16-9-12-4-7-14-8-5-12;/h2-3,6,10-12,14,16H,4-5,7-9H2,1H3;1H. The molecule has 0 amide bonds. The van der Waals surface area contributed by atoms with Crippen LogP contribution in [0.25, 0.3) is 0 Å².